The Hall–Kier alpha value is -2.75. The van der Waals surface area contributed by atoms with Crippen molar-refractivity contribution in [1.29, 1.82) is 0 Å². The molecular formula is C21H26N2O2. The van der Waals surface area contributed by atoms with Crippen molar-refractivity contribution in [2.24, 2.45) is 0 Å². The summed E-state index contributed by atoms with van der Waals surface area (Å²) in [6.45, 7) is 2.17. The summed E-state index contributed by atoms with van der Waals surface area (Å²) >= 11 is 0. The number of anilines is 2. The van der Waals surface area contributed by atoms with Crippen molar-refractivity contribution in [1.82, 2.24) is 0 Å². The van der Waals surface area contributed by atoms with E-state index in [0.29, 0.717) is 6.61 Å². The Balaban J connectivity index is 2.44. The smallest absolute Gasteiger partial charge is 0.331 e. The molecule has 25 heavy (non-hydrogen) atoms. The van der Waals surface area contributed by atoms with Crippen molar-refractivity contribution in [3.8, 4) is 0 Å². The van der Waals surface area contributed by atoms with Crippen molar-refractivity contribution in [2.45, 2.75) is 6.92 Å². The summed E-state index contributed by atoms with van der Waals surface area (Å²) in [4.78, 5) is 16.1. The summed E-state index contributed by atoms with van der Waals surface area (Å²) in [6, 6.07) is 16.3. The molecule has 0 heterocycles. The fourth-order valence-corrected chi connectivity index (χ4v) is 2.51. The molecule has 0 aliphatic rings. The minimum Gasteiger partial charge on any atom is -0.463 e. The predicted octanol–water partition coefficient (Wildman–Crippen LogP) is 3.81. The number of carbonyl (C=O) groups excluding carboxylic acids is 1. The van der Waals surface area contributed by atoms with Gasteiger partial charge >= 0.3 is 5.97 Å². The second-order valence-corrected chi connectivity index (χ2v) is 6.19. The van der Waals surface area contributed by atoms with Crippen LogP contribution in [-0.4, -0.2) is 40.8 Å². The van der Waals surface area contributed by atoms with E-state index in [-0.39, 0.29) is 5.97 Å². The third kappa shape index (κ3) is 4.86. The Morgan fingerprint density at radius 3 is 1.56 bits per heavy atom. The number of esters is 1. The maximum atomic E-state index is 12.0. The summed E-state index contributed by atoms with van der Waals surface area (Å²) in [6.07, 6.45) is 1.57. The van der Waals surface area contributed by atoms with E-state index in [1.54, 1.807) is 6.08 Å². The van der Waals surface area contributed by atoms with Gasteiger partial charge in [0.05, 0.1) is 6.61 Å². The third-order valence-electron chi connectivity index (χ3n) is 3.94. The zero-order valence-electron chi connectivity index (χ0n) is 15.6. The van der Waals surface area contributed by atoms with Crippen LogP contribution in [0.2, 0.25) is 0 Å². The Kier molecular flexibility index (Phi) is 6.23. The van der Waals surface area contributed by atoms with Gasteiger partial charge in [-0.2, -0.15) is 0 Å². The van der Waals surface area contributed by atoms with Crippen LogP contribution in [0.1, 0.15) is 18.1 Å². The van der Waals surface area contributed by atoms with Crippen LogP contribution in [-0.2, 0) is 9.53 Å². The van der Waals surface area contributed by atoms with Crippen molar-refractivity contribution >= 4 is 22.9 Å². The summed E-state index contributed by atoms with van der Waals surface area (Å²) in [5, 5.41) is 0. The number of hydrogen-bond acceptors (Lipinski definition) is 4. The van der Waals surface area contributed by atoms with Crippen LogP contribution in [0.15, 0.2) is 54.6 Å². The highest BCUT2D eigenvalue weighted by atomic mass is 16.5. The van der Waals surface area contributed by atoms with Crippen LogP contribution < -0.4 is 9.80 Å². The average Bonchev–Trinajstić information content (AvgIpc) is 2.60. The molecule has 2 aromatic carbocycles. The van der Waals surface area contributed by atoms with E-state index in [4.69, 9.17) is 4.74 Å². The van der Waals surface area contributed by atoms with Crippen molar-refractivity contribution < 1.29 is 9.53 Å². The summed E-state index contributed by atoms with van der Waals surface area (Å²) < 4.78 is 5.11. The lowest BCUT2D eigenvalue weighted by atomic mass is 9.97. The zero-order chi connectivity index (χ0) is 18.4. The molecule has 0 aliphatic heterocycles. The van der Waals surface area contributed by atoms with Crippen LogP contribution in [0.25, 0.3) is 5.57 Å². The summed E-state index contributed by atoms with van der Waals surface area (Å²) in [5.41, 5.74) is 5.05. The molecule has 0 N–H and O–H groups in total. The van der Waals surface area contributed by atoms with Crippen LogP contribution >= 0.6 is 0 Å². The lowest BCUT2D eigenvalue weighted by Gasteiger charge is -2.16. The van der Waals surface area contributed by atoms with E-state index >= 15 is 0 Å². The van der Waals surface area contributed by atoms with Crippen LogP contribution in [0, 0.1) is 0 Å². The minimum absolute atomic E-state index is 0.328. The molecule has 132 valence electrons. The Morgan fingerprint density at radius 1 is 0.840 bits per heavy atom. The highest BCUT2D eigenvalue weighted by Crippen LogP contribution is 2.27. The van der Waals surface area contributed by atoms with Crippen molar-refractivity contribution in [3.63, 3.8) is 0 Å². The number of nitrogens with zero attached hydrogens (tertiary/aromatic N) is 2. The monoisotopic (exact) mass is 338 g/mol. The number of ether oxygens (including phenoxy) is 1. The molecule has 4 heteroatoms. The number of carbonyl (C=O) groups is 1. The molecule has 0 unspecified atom stereocenters. The van der Waals surface area contributed by atoms with Gasteiger partial charge in [-0.05, 0) is 47.9 Å². The molecule has 0 saturated carbocycles. The van der Waals surface area contributed by atoms with Gasteiger partial charge in [0.25, 0.3) is 0 Å². The molecule has 0 fully saturated rings. The normalized spacial score (nSPS) is 10.1. The van der Waals surface area contributed by atoms with Crippen LogP contribution in [0.5, 0.6) is 0 Å². The van der Waals surface area contributed by atoms with Gasteiger partial charge in [0.2, 0.25) is 0 Å². The molecule has 0 aliphatic carbocycles. The molecule has 2 rings (SSSR count). The lowest BCUT2D eigenvalue weighted by molar-refractivity contribution is -0.137. The largest absolute Gasteiger partial charge is 0.463 e. The van der Waals surface area contributed by atoms with E-state index in [9.17, 15) is 4.79 Å². The molecule has 4 nitrogen and oxygen atoms in total. The van der Waals surface area contributed by atoms with Gasteiger partial charge in [0.15, 0.2) is 0 Å². The highest BCUT2D eigenvalue weighted by molar-refractivity contribution is 5.96. The van der Waals surface area contributed by atoms with Gasteiger partial charge in [-0.25, -0.2) is 4.79 Å². The van der Waals surface area contributed by atoms with E-state index in [1.807, 2.05) is 93.4 Å². The zero-order valence-corrected chi connectivity index (χ0v) is 15.6. The highest BCUT2D eigenvalue weighted by Gasteiger charge is 2.10. The molecule has 0 bridgehead atoms. The second-order valence-electron chi connectivity index (χ2n) is 6.19. The van der Waals surface area contributed by atoms with Gasteiger partial charge < -0.3 is 14.5 Å². The average molecular weight is 338 g/mol. The molecule has 0 radical (unpaired) electrons. The first kappa shape index (κ1) is 18.6. The summed E-state index contributed by atoms with van der Waals surface area (Å²) in [7, 11) is 8.02. The van der Waals surface area contributed by atoms with Crippen LogP contribution in [0.3, 0.4) is 0 Å². The molecule has 0 saturated heterocycles. The molecule has 0 spiro atoms. The lowest BCUT2D eigenvalue weighted by Crippen LogP contribution is -2.09. The maximum Gasteiger partial charge on any atom is 0.331 e. The SMILES string of the molecule is CCOC(=O)C=C(c1ccc(N(C)C)cc1)c1ccc(N(C)C)cc1. The Labute approximate surface area is 150 Å². The maximum absolute atomic E-state index is 12.0. The van der Waals surface area contributed by atoms with Gasteiger partial charge in [0.1, 0.15) is 0 Å². The number of hydrogen-bond donors (Lipinski definition) is 0. The van der Waals surface area contributed by atoms with E-state index in [0.717, 1.165) is 28.1 Å². The topological polar surface area (TPSA) is 32.8 Å². The number of benzene rings is 2. The quantitative estimate of drug-likeness (QED) is 0.592. The standard InChI is InChI=1S/C21H26N2O2/c1-6-25-21(24)15-20(16-7-11-18(12-8-16)22(2)3)17-9-13-19(14-10-17)23(4)5/h7-15H,6H2,1-5H3. The third-order valence-corrected chi connectivity index (χ3v) is 3.94. The Bertz CT molecular complexity index is 676. The molecule has 2 aromatic rings. The van der Waals surface area contributed by atoms with Crippen molar-refractivity contribution in [2.75, 3.05) is 44.6 Å². The van der Waals surface area contributed by atoms with Crippen LogP contribution in [0.4, 0.5) is 11.4 Å². The van der Waals surface area contributed by atoms with Gasteiger partial charge in [0, 0.05) is 45.6 Å². The first-order chi connectivity index (χ1) is 11.9. The summed E-state index contributed by atoms with van der Waals surface area (Å²) in [5.74, 6) is -0.328. The molecular weight excluding hydrogens is 312 g/mol. The van der Waals surface area contributed by atoms with Crippen molar-refractivity contribution in [3.05, 3.63) is 65.7 Å². The molecule has 0 aromatic heterocycles. The first-order valence-corrected chi connectivity index (χ1v) is 8.36. The minimum atomic E-state index is -0.328. The fraction of sp³-hybridized carbons (Fsp3) is 0.286. The van der Waals surface area contributed by atoms with Gasteiger partial charge in [-0.1, -0.05) is 24.3 Å². The van der Waals surface area contributed by atoms with E-state index < -0.39 is 0 Å². The van der Waals surface area contributed by atoms with E-state index in [1.165, 1.54) is 0 Å². The fourth-order valence-electron chi connectivity index (χ4n) is 2.51. The predicted molar refractivity (Wildman–Crippen MR) is 105 cm³/mol. The first-order valence-electron chi connectivity index (χ1n) is 8.36. The molecule has 0 amide bonds. The Morgan fingerprint density at radius 2 is 1.24 bits per heavy atom. The van der Waals surface area contributed by atoms with E-state index in [2.05, 4.69) is 0 Å². The number of rotatable bonds is 6. The molecule has 0 atom stereocenters. The second kappa shape index (κ2) is 8.38. The van der Waals surface area contributed by atoms with Gasteiger partial charge in [-0.3, -0.25) is 0 Å². The van der Waals surface area contributed by atoms with Gasteiger partial charge in [-0.15, -0.1) is 0 Å².